The Morgan fingerprint density at radius 2 is 1.96 bits per heavy atom. The summed E-state index contributed by atoms with van der Waals surface area (Å²) in [6.07, 6.45) is 1.24. The number of benzene rings is 1. The molecular formula is C17H18N2O4. The van der Waals surface area contributed by atoms with Crippen LogP contribution in [0.1, 0.15) is 27.8 Å². The second kappa shape index (κ2) is 6.16. The number of esters is 1. The summed E-state index contributed by atoms with van der Waals surface area (Å²) >= 11 is 0. The molecule has 3 rings (SSSR count). The van der Waals surface area contributed by atoms with Gasteiger partial charge in [-0.25, -0.2) is 4.79 Å². The SMILES string of the molecule is CCN1CCN(C(=O)c2cc(C(=O)OC)co2)c2ccccc21. The summed E-state index contributed by atoms with van der Waals surface area (Å²) in [5, 5.41) is 0. The average molecular weight is 314 g/mol. The van der Waals surface area contributed by atoms with Gasteiger partial charge in [-0.15, -0.1) is 0 Å². The van der Waals surface area contributed by atoms with E-state index in [0.717, 1.165) is 24.5 Å². The Hall–Kier alpha value is -2.76. The molecule has 1 aliphatic rings. The van der Waals surface area contributed by atoms with Crippen molar-refractivity contribution in [1.29, 1.82) is 0 Å². The van der Waals surface area contributed by atoms with E-state index in [1.54, 1.807) is 4.90 Å². The third kappa shape index (κ3) is 2.67. The number of amides is 1. The maximum Gasteiger partial charge on any atom is 0.341 e. The fourth-order valence-corrected chi connectivity index (χ4v) is 2.77. The molecule has 2 aromatic rings. The van der Waals surface area contributed by atoms with Crippen LogP contribution in [-0.2, 0) is 4.74 Å². The first kappa shape index (κ1) is 15.1. The van der Waals surface area contributed by atoms with E-state index in [9.17, 15) is 9.59 Å². The molecule has 6 nitrogen and oxygen atoms in total. The largest absolute Gasteiger partial charge is 0.465 e. The van der Waals surface area contributed by atoms with Gasteiger partial charge in [0, 0.05) is 25.7 Å². The summed E-state index contributed by atoms with van der Waals surface area (Å²) < 4.78 is 9.89. The van der Waals surface area contributed by atoms with Crippen molar-refractivity contribution in [2.45, 2.75) is 6.92 Å². The number of nitrogens with zero attached hydrogens (tertiary/aromatic N) is 2. The van der Waals surface area contributed by atoms with E-state index >= 15 is 0 Å². The van der Waals surface area contributed by atoms with Gasteiger partial charge in [0.2, 0.25) is 0 Å². The van der Waals surface area contributed by atoms with E-state index in [1.165, 1.54) is 19.4 Å². The lowest BCUT2D eigenvalue weighted by Crippen LogP contribution is -2.44. The molecule has 0 radical (unpaired) electrons. The second-order valence-corrected chi connectivity index (χ2v) is 5.22. The fourth-order valence-electron chi connectivity index (χ4n) is 2.77. The number of anilines is 2. The number of furan rings is 1. The molecule has 0 aliphatic carbocycles. The number of likely N-dealkylation sites (N-methyl/N-ethyl adjacent to an activating group) is 1. The number of fused-ring (bicyclic) bond motifs is 1. The van der Waals surface area contributed by atoms with Gasteiger partial charge in [0.1, 0.15) is 6.26 Å². The van der Waals surface area contributed by atoms with E-state index in [-0.39, 0.29) is 17.2 Å². The van der Waals surface area contributed by atoms with Gasteiger partial charge in [0.25, 0.3) is 5.91 Å². The lowest BCUT2D eigenvalue weighted by Gasteiger charge is -2.36. The molecule has 0 saturated heterocycles. The molecule has 0 saturated carbocycles. The Balaban J connectivity index is 1.91. The van der Waals surface area contributed by atoms with Gasteiger partial charge in [-0.05, 0) is 19.1 Å². The Bertz CT molecular complexity index is 738. The van der Waals surface area contributed by atoms with Crippen molar-refractivity contribution in [2.24, 2.45) is 0 Å². The van der Waals surface area contributed by atoms with Crippen LogP contribution in [-0.4, -0.2) is 38.6 Å². The molecule has 0 fully saturated rings. The molecule has 0 spiro atoms. The molecule has 0 atom stereocenters. The minimum atomic E-state index is -0.524. The van der Waals surface area contributed by atoms with Crippen LogP contribution in [0.25, 0.3) is 0 Å². The smallest absolute Gasteiger partial charge is 0.341 e. The topological polar surface area (TPSA) is 63.0 Å². The van der Waals surface area contributed by atoms with Crippen LogP contribution in [0.3, 0.4) is 0 Å². The summed E-state index contributed by atoms with van der Waals surface area (Å²) in [7, 11) is 1.29. The molecule has 23 heavy (non-hydrogen) atoms. The lowest BCUT2D eigenvalue weighted by molar-refractivity contribution is 0.0600. The number of rotatable bonds is 3. The molecule has 2 heterocycles. The number of methoxy groups -OCH3 is 1. The third-order valence-electron chi connectivity index (χ3n) is 3.96. The van der Waals surface area contributed by atoms with Gasteiger partial charge in [-0.3, -0.25) is 4.79 Å². The summed E-state index contributed by atoms with van der Waals surface area (Å²) in [5.74, 6) is -0.655. The molecule has 120 valence electrons. The van der Waals surface area contributed by atoms with Crippen LogP contribution in [0.5, 0.6) is 0 Å². The van der Waals surface area contributed by atoms with Gasteiger partial charge in [-0.2, -0.15) is 0 Å². The average Bonchev–Trinajstić information content (AvgIpc) is 3.09. The van der Waals surface area contributed by atoms with Crippen molar-refractivity contribution in [3.8, 4) is 0 Å². The van der Waals surface area contributed by atoms with E-state index in [2.05, 4.69) is 16.6 Å². The molecule has 6 heteroatoms. The Morgan fingerprint density at radius 1 is 1.22 bits per heavy atom. The zero-order valence-corrected chi connectivity index (χ0v) is 13.1. The number of ether oxygens (including phenoxy) is 1. The van der Waals surface area contributed by atoms with Crippen molar-refractivity contribution < 1.29 is 18.7 Å². The molecule has 0 bridgehead atoms. The zero-order chi connectivity index (χ0) is 16.4. The highest BCUT2D eigenvalue weighted by molar-refractivity contribution is 6.07. The first-order valence-electron chi connectivity index (χ1n) is 7.48. The zero-order valence-electron chi connectivity index (χ0n) is 13.1. The minimum absolute atomic E-state index is 0.130. The number of hydrogen-bond acceptors (Lipinski definition) is 5. The summed E-state index contributed by atoms with van der Waals surface area (Å²) in [4.78, 5) is 28.1. The highest BCUT2D eigenvalue weighted by Gasteiger charge is 2.28. The Morgan fingerprint density at radius 3 is 2.65 bits per heavy atom. The third-order valence-corrected chi connectivity index (χ3v) is 3.96. The fraction of sp³-hybridized carbons (Fsp3) is 0.294. The predicted molar refractivity (Wildman–Crippen MR) is 86.1 cm³/mol. The van der Waals surface area contributed by atoms with Crippen molar-refractivity contribution in [2.75, 3.05) is 36.5 Å². The van der Waals surface area contributed by atoms with E-state index < -0.39 is 5.97 Å². The van der Waals surface area contributed by atoms with E-state index in [4.69, 9.17) is 4.42 Å². The van der Waals surface area contributed by atoms with E-state index in [0.29, 0.717) is 6.54 Å². The van der Waals surface area contributed by atoms with Gasteiger partial charge < -0.3 is 19.0 Å². The first-order chi connectivity index (χ1) is 11.2. The number of para-hydroxylation sites is 2. The Kier molecular flexibility index (Phi) is 4.06. The van der Waals surface area contributed by atoms with Crippen LogP contribution in [0.15, 0.2) is 41.0 Å². The van der Waals surface area contributed by atoms with Gasteiger partial charge >= 0.3 is 5.97 Å². The highest BCUT2D eigenvalue weighted by Crippen LogP contribution is 2.33. The van der Waals surface area contributed by atoms with Crippen molar-refractivity contribution in [1.82, 2.24) is 0 Å². The second-order valence-electron chi connectivity index (χ2n) is 5.22. The van der Waals surface area contributed by atoms with Crippen LogP contribution in [0.4, 0.5) is 11.4 Å². The van der Waals surface area contributed by atoms with Crippen LogP contribution < -0.4 is 9.80 Å². The minimum Gasteiger partial charge on any atom is -0.465 e. The van der Waals surface area contributed by atoms with Crippen molar-refractivity contribution >= 4 is 23.3 Å². The lowest BCUT2D eigenvalue weighted by atomic mass is 10.1. The quantitative estimate of drug-likeness (QED) is 0.815. The maximum atomic E-state index is 12.7. The highest BCUT2D eigenvalue weighted by atomic mass is 16.5. The molecule has 0 N–H and O–H groups in total. The summed E-state index contributed by atoms with van der Waals surface area (Å²) in [5.41, 5.74) is 2.10. The van der Waals surface area contributed by atoms with Crippen LogP contribution in [0.2, 0.25) is 0 Å². The Labute approximate surface area is 134 Å². The molecule has 1 amide bonds. The first-order valence-corrected chi connectivity index (χ1v) is 7.48. The molecule has 1 aromatic heterocycles. The molecular weight excluding hydrogens is 296 g/mol. The maximum absolute atomic E-state index is 12.7. The van der Waals surface area contributed by atoms with Gasteiger partial charge in [0.15, 0.2) is 5.76 Å². The number of carbonyl (C=O) groups excluding carboxylic acids is 2. The van der Waals surface area contributed by atoms with Crippen LogP contribution >= 0.6 is 0 Å². The normalized spacial score (nSPS) is 13.7. The number of carbonyl (C=O) groups is 2. The molecule has 1 aromatic carbocycles. The van der Waals surface area contributed by atoms with Crippen molar-refractivity contribution in [3.05, 3.63) is 47.9 Å². The molecule has 1 aliphatic heterocycles. The standard InChI is InChI=1S/C17H18N2O4/c1-3-18-8-9-19(14-7-5-4-6-13(14)18)16(20)15-10-12(11-23-15)17(21)22-2/h4-7,10-11H,3,8-9H2,1-2H3. The molecule has 0 unspecified atom stereocenters. The van der Waals surface area contributed by atoms with Gasteiger partial charge in [0.05, 0.1) is 24.0 Å². The van der Waals surface area contributed by atoms with E-state index in [1.807, 2.05) is 24.3 Å². The number of hydrogen-bond donors (Lipinski definition) is 0. The van der Waals surface area contributed by atoms with Crippen LogP contribution in [0, 0.1) is 0 Å². The monoisotopic (exact) mass is 314 g/mol. The van der Waals surface area contributed by atoms with Crippen molar-refractivity contribution in [3.63, 3.8) is 0 Å². The summed E-state index contributed by atoms with van der Waals surface area (Å²) in [6, 6.07) is 9.19. The summed E-state index contributed by atoms with van der Waals surface area (Å²) in [6.45, 7) is 4.29. The predicted octanol–water partition coefficient (Wildman–Crippen LogP) is 2.55. The van der Waals surface area contributed by atoms with Gasteiger partial charge in [-0.1, -0.05) is 12.1 Å².